The highest BCUT2D eigenvalue weighted by Crippen LogP contribution is 2.32. The van der Waals surface area contributed by atoms with E-state index in [9.17, 15) is 4.79 Å². The minimum absolute atomic E-state index is 0.119. The van der Waals surface area contributed by atoms with Crippen molar-refractivity contribution in [3.05, 3.63) is 79.8 Å². The van der Waals surface area contributed by atoms with Crippen LogP contribution in [0.2, 0.25) is 10.0 Å². The first kappa shape index (κ1) is 19.2. The van der Waals surface area contributed by atoms with Crippen LogP contribution in [0.25, 0.3) is 22.6 Å². The first-order valence-corrected chi connectivity index (χ1v) is 10.2. The molecule has 3 aromatic carbocycles. The van der Waals surface area contributed by atoms with Gasteiger partial charge in [-0.1, -0.05) is 35.3 Å². The molecule has 4 aromatic rings. The number of halogens is 3. The van der Waals surface area contributed by atoms with Gasteiger partial charge in [0.15, 0.2) is 5.58 Å². The maximum Gasteiger partial charge on any atom is 0.228 e. The van der Waals surface area contributed by atoms with E-state index in [0.29, 0.717) is 32.7 Å². The van der Waals surface area contributed by atoms with Gasteiger partial charge >= 0.3 is 0 Å². The minimum Gasteiger partial charge on any atom is -0.436 e. The lowest BCUT2D eigenvalue weighted by Gasteiger charge is -2.05. The molecule has 0 spiro atoms. The number of fused-ring (bicyclic) bond motifs is 1. The average Bonchev–Trinajstić information content (AvgIpc) is 3.08. The van der Waals surface area contributed by atoms with Gasteiger partial charge in [-0.3, -0.25) is 4.79 Å². The molecule has 7 heteroatoms. The summed E-state index contributed by atoms with van der Waals surface area (Å²) in [5, 5.41) is 4.10. The Kier molecular flexibility index (Phi) is 5.57. The molecule has 4 rings (SSSR count). The Balaban J connectivity index is 1.55. The SMILES string of the molecule is O=C(Cc1ccc(Cl)cc1)Nc1ccc2oc(-c3cc(I)ccc3Cl)nc2c1. The molecule has 28 heavy (non-hydrogen) atoms. The van der Waals surface area contributed by atoms with Crippen LogP contribution in [0, 0.1) is 3.57 Å². The molecule has 0 bridgehead atoms. The van der Waals surface area contributed by atoms with Crippen LogP contribution in [0.4, 0.5) is 5.69 Å². The summed E-state index contributed by atoms with van der Waals surface area (Å²) in [6.45, 7) is 0. The molecule has 0 radical (unpaired) electrons. The second-order valence-corrected chi connectivity index (χ2v) is 8.27. The molecule has 1 N–H and O–H groups in total. The number of amides is 1. The molecular formula is C21H13Cl2IN2O2. The summed E-state index contributed by atoms with van der Waals surface area (Å²) < 4.78 is 6.87. The van der Waals surface area contributed by atoms with Crippen LogP contribution in [0.15, 0.2) is 65.1 Å². The predicted octanol–water partition coefficient (Wildman–Crippen LogP) is 6.59. The Morgan fingerprint density at radius 3 is 2.61 bits per heavy atom. The third kappa shape index (κ3) is 4.32. The van der Waals surface area contributed by atoms with E-state index >= 15 is 0 Å². The van der Waals surface area contributed by atoms with Crippen LogP contribution in [-0.4, -0.2) is 10.9 Å². The Bertz CT molecular complexity index is 1170. The highest BCUT2D eigenvalue weighted by atomic mass is 127. The lowest BCUT2D eigenvalue weighted by atomic mass is 10.1. The number of nitrogens with zero attached hydrogens (tertiary/aromatic N) is 1. The van der Waals surface area contributed by atoms with Crippen LogP contribution in [-0.2, 0) is 11.2 Å². The predicted molar refractivity (Wildman–Crippen MR) is 121 cm³/mol. The number of rotatable bonds is 4. The topological polar surface area (TPSA) is 55.1 Å². The number of benzene rings is 3. The zero-order valence-electron chi connectivity index (χ0n) is 14.4. The number of oxazole rings is 1. The van der Waals surface area contributed by atoms with Gasteiger partial charge in [0, 0.05) is 14.3 Å². The fraction of sp³-hybridized carbons (Fsp3) is 0.0476. The highest BCUT2D eigenvalue weighted by molar-refractivity contribution is 14.1. The largest absolute Gasteiger partial charge is 0.436 e. The second-order valence-electron chi connectivity index (χ2n) is 6.18. The highest BCUT2D eigenvalue weighted by Gasteiger charge is 2.13. The monoisotopic (exact) mass is 522 g/mol. The summed E-state index contributed by atoms with van der Waals surface area (Å²) in [4.78, 5) is 16.8. The van der Waals surface area contributed by atoms with Crippen molar-refractivity contribution in [3.8, 4) is 11.5 Å². The lowest BCUT2D eigenvalue weighted by molar-refractivity contribution is -0.115. The van der Waals surface area contributed by atoms with Gasteiger partial charge in [-0.25, -0.2) is 4.98 Å². The van der Waals surface area contributed by atoms with E-state index in [-0.39, 0.29) is 12.3 Å². The van der Waals surface area contributed by atoms with Crippen molar-refractivity contribution in [2.24, 2.45) is 0 Å². The number of hydrogen-bond acceptors (Lipinski definition) is 3. The van der Waals surface area contributed by atoms with Gasteiger partial charge in [-0.2, -0.15) is 0 Å². The maximum atomic E-state index is 12.3. The molecule has 1 heterocycles. The van der Waals surface area contributed by atoms with Crippen molar-refractivity contribution in [1.29, 1.82) is 0 Å². The Morgan fingerprint density at radius 2 is 1.82 bits per heavy atom. The van der Waals surface area contributed by atoms with Gasteiger partial charge in [0.1, 0.15) is 5.52 Å². The summed E-state index contributed by atoms with van der Waals surface area (Å²) >= 11 is 14.4. The van der Waals surface area contributed by atoms with Gasteiger partial charge in [-0.05, 0) is 76.7 Å². The molecule has 140 valence electrons. The van der Waals surface area contributed by atoms with Gasteiger partial charge in [0.05, 0.1) is 17.0 Å². The van der Waals surface area contributed by atoms with Crippen molar-refractivity contribution in [2.45, 2.75) is 6.42 Å². The Labute approximate surface area is 185 Å². The Hall–Kier alpha value is -2.09. The zero-order valence-corrected chi connectivity index (χ0v) is 18.0. The quantitative estimate of drug-likeness (QED) is 0.308. The van der Waals surface area contributed by atoms with E-state index < -0.39 is 0 Å². The molecular weight excluding hydrogens is 510 g/mol. The number of carbonyl (C=O) groups is 1. The van der Waals surface area contributed by atoms with Crippen molar-refractivity contribution >= 4 is 68.5 Å². The van der Waals surface area contributed by atoms with E-state index in [4.69, 9.17) is 27.6 Å². The summed E-state index contributed by atoms with van der Waals surface area (Å²) in [7, 11) is 0. The normalized spacial score (nSPS) is 11.0. The molecule has 0 saturated carbocycles. The van der Waals surface area contributed by atoms with Crippen LogP contribution in [0.1, 0.15) is 5.56 Å². The molecule has 0 unspecified atom stereocenters. The van der Waals surface area contributed by atoms with Crippen LogP contribution >= 0.6 is 45.8 Å². The van der Waals surface area contributed by atoms with E-state index in [1.807, 2.05) is 30.3 Å². The summed E-state index contributed by atoms with van der Waals surface area (Å²) in [6, 6.07) is 18.2. The third-order valence-electron chi connectivity index (χ3n) is 4.11. The van der Waals surface area contributed by atoms with Gasteiger partial charge in [0.25, 0.3) is 0 Å². The fourth-order valence-electron chi connectivity index (χ4n) is 2.77. The molecule has 4 nitrogen and oxygen atoms in total. The van der Waals surface area contributed by atoms with E-state index in [2.05, 4.69) is 32.9 Å². The van der Waals surface area contributed by atoms with E-state index in [1.165, 1.54) is 0 Å². The first-order valence-electron chi connectivity index (χ1n) is 8.38. The van der Waals surface area contributed by atoms with Crippen molar-refractivity contribution < 1.29 is 9.21 Å². The molecule has 0 saturated heterocycles. The van der Waals surface area contributed by atoms with Crippen molar-refractivity contribution in [2.75, 3.05) is 5.32 Å². The molecule has 0 aliphatic heterocycles. The van der Waals surface area contributed by atoms with Crippen molar-refractivity contribution in [1.82, 2.24) is 4.98 Å². The number of nitrogens with one attached hydrogen (secondary N) is 1. The fourth-order valence-corrected chi connectivity index (χ4v) is 3.59. The number of anilines is 1. The number of hydrogen-bond donors (Lipinski definition) is 1. The summed E-state index contributed by atoms with van der Waals surface area (Å²) in [5.74, 6) is 0.328. The summed E-state index contributed by atoms with van der Waals surface area (Å²) in [5.41, 5.74) is 3.55. The van der Waals surface area contributed by atoms with Crippen LogP contribution in [0.5, 0.6) is 0 Å². The molecule has 1 amide bonds. The van der Waals surface area contributed by atoms with Gasteiger partial charge < -0.3 is 9.73 Å². The van der Waals surface area contributed by atoms with Gasteiger partial charge in [0.2, 0.25) is 11.8 Å². The average molecular weight is 523 g/mol. The van der Waals surface area contributed by atoms with E-state index in [1.54, 1.807) is 30.3 Å². The Morgan fingerprint density at radius 1 is 1.04 bits per heavy atom. The lowest BCUT2D eigenvalue weighted by Crippen LogP contribution is -2.14. The molecule has 1 aromatic heterocycles. The third-order valence-corrected chi connectivity index (χ3v) is 5.36. The molecule has 0 aliphatic rings. The minimum atomic E-state index is -0.119. The second kappa shape index (κ2) is 8.11. The first-order chi connectivity index (χ1) is 13.5. The number of carbonyl (C=O) groups excluding carboxylic acids is 1. The maximum absolute atomic E-state index is 12.3. The molecule has 0 fully saturated rings. The van der Waals surface area contributed by atoms with Crippen LogP contribution < -0.4 is 5.32 Å². The molecule has 0 atom stereocenters. The van der Waals surface area contributed by atoms with Crippen LogP contribution in [0.3, 0.4) is 0 Å². The van der Waals surface area contributed by atoms with Gasteiger partial charge in [-0.15, -0.1) is 0 Å². The summed E-state index contributed by atoms with van der Waals surface area (Å²) in [6.07, 6.45) is 0.261. The van der Waals surface area contributed by atoms with E-state index in [0.717, 1.165) is 14.7 Å². The standard InChI is InChI=1S/C21H13Cl2IN2O2/c22-13-3-1-12(2-4-13)9-20(27)25-15-6-8-19-18(11-15)26-21(28-19)16-10-14(24)5-7-17(16)23/h1-8,10-11H,9H2,(H,25,27). The smallest absolute Gasteiger partial charge is 0.228 e. The van der Waals surface area contributed by atoms with Crippen molar-refractivity contribution in [3.63, 3.8) is 0 Å². The molecule has 0 aliphatic carbocycles. The zero-order chi connectivity index (χ0) is 19.7. The number of aromatic nitrogens is 1.